The molecule has 0 fully saturated rings. The van der Waals surface area contributed by atoms with Crippen LogP contribution < -0.4 is 0 Å². The zero-order chi connectivity index (χ0) is 12.9. The van der Waals surface area contributed by atoms with Gasteiger partial charge in [-0.15, -0.1) is 0 Å². The number of ether oxygens (including phenoxy) is 1. The quantitative estimate of drug-likeness (QED) is 0.256. The summed E-state index contributed by atoms with van der Waals surface area (Å²) in [6.07, 6.45) is 3.72. The average molecular weight is 246 g/mol. The Morgan fingerprint density at radius 1 is 0.941 bits per heavy atom. The molecule has 0 radical (unpaired) electrons. The molecule has 0 aromatic carbocycles. The van der Waals surface area contributed by atoms with Gasteiger partial charge in [0.25, 0.3) is 0 Å². The summed E-state index contributed by atoms with van der Waals surface area (Å²) in [5, 5.41) is 0. The SMILES string of the molecule is CCCCOOC(=O)CCCCC(=O)OCC. The molecular weight excluding hydrogens is 224 g/mol. The van der Waals surface area contributed by atoms with E-state index >= 15 is 0 Å². The minimum absolute atomic E-state index is 0.222. The molecule has 0 unspecified atom stereocenters. The minimum atomic E-state index is -0.384. The van der Waals surface area contributed by atoms with Gasteiger partial charge in [0, 0.05) is 12.8 Å². The molecule has 100 valence electrons. The van der Waals surface area contributed by atoms with E-state index in [9.17, 15) is 9.59 Å². The van der Waals surface area contributed by atoms with Crippen molar-refractivity contribution in [2.45, 2.75) is 52.4 Å². The second-order valence-electron chi connectivity index (χ2n) is 3.64. The van der Waals surface area contributed by atoms with Crippen LogP contribution in [0.15, 0.2) is 0 Å². The lowest BCUT2D eigenvalue weighted by atomic mass is 10.2. The molecule has 0 aliphatic carbocycles. The molecule has 17 heavy (non-hydrogen) atoms. The largest absolute Gasteiger partial charge is 0.466 e. The van der Waals surface area contributed by atoms with Gasteiger partial charge in [0.05, 0.1) is 13.2 Å². The molecule has 0 spiro atoms. The summed E-state index contributed by atoms with van der Waals surface area (Å²) in [5.41, 5.74) is 0. The Morgan fingerprint density at radius 2 is 1.59 bits per heavy atom. The highest BCUT2D eigenvalue weighted by atomic mass is 17.2. The van der Waals surface area contributed by atoms with Gasteiger partial charge >= 0.3 is 11.9 Å². The van der Waals surface area contributed by atoms with Gasteiger partial charge in [-0.3, -0.25) is 9.68 Å². The smallest absolute Gasteiger partial charge is 0.342 e. The fraction of sp³-hybridized carbons (Fsp3) is 0.833. The molecule has 0 N–H and O–H groups in total. The van der Waals surface area contributed by atoms with E-state index in [1.54, 1.807) is 6.92 Å². The Labute approximate surface area is 102 Å². The maximum absolute atomic E-state index is 11.1. The first-order chi connectivity index (χ1) is 8.20. The van der Waals surface area contributed by atoms with Crippen LogP contribution in [0.25, 0.3) is 0 Å². The molecular formula is C12H22O5. The van der Waals surface area contributed by atoms with Crippen LogP contribution in [-0.4, -0.2) is 25.2 Å². The third-order valence-electron chi connectivity index (χ3n) is 2.05. The molecule has 5 nitrogen and oxygen atoms in total. The van der Waals surface area contributed by atoms with E-state index in [0.29, 0.717) is 32.5 Å². The summed E-state index contributed by atoms with van der Waals surface area (Å²) in [5.74, 6) is -0.606. The van der Waals surface area contributed by atoms with Crippen LogP contribution in [0.5, 0.6) is 0 Å². The zero-order valence-electron chi connectivity index (χ0n) is 10.7. The van der Waals surface area contributed by atoms with E-state index < -0.39 is 0 Å². The molecule has 0 atom stereocenters. The van der Waals surface area contributed by atoms with Gasteiger partial charge in [0.1, 0.15) is 0 Å². The Bertz CT molecular complexity index is 215. The van der Waals surface area contributed by atoms with Crippen LogP contribution in [0, 0.1) is 0 Å². The van der Waals surface area contributed by atoms with Gasteiger partial charge in [-0.2, -0.15) is 4.89 Å². The van der Waals surface area contributed by atoms with Crippen molar-refractivity contribution in [2.75, 3.05) is 13.2 Å². The van der Waals surface area contributed by atoms with E-state index in [4.69, 9.17) is 9.62 Å². The van der Waals surface area contributed by atoms with Gasteiger partial charge in [-0.25, -0.2) is 4.79 Å². The van der Waals surface area contributed by atoms with Crippen molar-refractivity contribution >= 4 is 11.9 Å². The Kier molecular flexibility index (Phi) is 10.7. The number of carbonyl (C=O) groups is 2. The first kappa shape index (κ1) is 15.9. The highest BCUT2D eigenvalue weighted by Crippen LogP contribution is 2.03. The van der Waals surface area contributed by atoms with Crippen molar-refractivity contribution in [1.29, 1.82) is 0 Å². The average Bonchev–Trinajstić information content (AvgIpc) is 2.31. The lowest BCUT2D eigenvalue weighted by Crippen LogP contribution is -2.07. The van der Waals surface area contributed by atoms with E-state index in [1.807, 2.05) is 6.92 Å². The van der Waals surface area contributed by atoms with Crippen molar-refractivity contribution in [3.8, 4) is 0 Å². The van der Waals surface area contributed by atoms with E-state index in [0.717, 1.165) is 12.8 Å². The first-order valence-electron chi connectivity index (χ1n) is 6.18. The predicted octanol–water partition coefficient (Wildman–Crippen LogP) is 2.38. The summed E-state index contributed by atoms with van der Waals surface area (Å²) in [4.78, 5) is 31.3. The predicted molar refractivity (Wildman–Crippen MR) is 62.1 cm³/mol. The van der Waals surface area contributed by atoms with Gasteiger partial charge in [0.2, 0.25) is 0 Å². The molecule has 0 aromatic rings. The number of unbranched alkanes of at least 4 members (excludes halogenated alkanes) is 2. The van der Waals surface area contributed by atoms with Crippen LogP contribution in [-0.2, 0) is 24.1 Å². The molecule has 0 saturated heterocycles. The van der Waals surface area contributed by atoms with E-state index in [-0.39, 0.29) is 18.4 Å². The summed E-state index contributed by atoms with van der Waals surface area (Å²) in [6, 6.07) is 0. The fourth-order valence-corrected chi connectivity index (χ4v) is 1.12. The van der Waals surface area contributed by atoms with Crippen molar-refractivity contribution in [1.82, 2.24) is 0 Å². The summed E-state index contributed by atoms with van der Waals surface area (Å²) < 4.78 is 4.76. The van der Waals surface area contributed by atoms with Gasteiger partial charge < -0.3 is 4.74 Å². The second kappa shape index (κ2) is 11.4. The monoisotopic (exact) mass is 246 g/mol. The minimum Gasteiger partial charge on any atom is -0.466 e. The number of esters is 1. The number of hydrogen-bond acceptors (Lipinski definition) is 5. The normalized spacial score (nSPS) is 10.0. The fourth-order valence-electron chi connectivity index (χ4n) is 1.12. The van der Waals surface area contributed by atoms with E-state index in [2.05, 4.69) is 4.89 Å². The van der Waals surface area contributed by atoms with Crippen LogP contribution in [0.3, 0.4) is 0 Å². The van der Waals surface area contributed by atoms with E-state index in [1.165, 1.54) is 0 Å². The maximum atomic E-state index is 11.1. The molecule has 0 bridgehead atoms. The molecule has 0 amide bonds. The van der Waals surface area contributed by atoms with Crippen molar-refractivity contribution < 1.29 is 24.1 Å². The maximum Gasteiger partial charge on any atom is 0.342 e. The Balaban J connectivity index is 3.30. The third kappa shape index (κ3) is 11.2. The van der Waals surface area contributed by atoms with Crippen LogP contribution in [0.2, 0.25) is 0 Å². The second-order valence-corrected chi connectivity index (χ2v) is 3.64. The molecule has 0 saturated carbocycles. The standard InChI is InChI=1S/C12H22O5/c1-3-5-10-16-17-12(14)9-7-6-8-11(13)15-4-2/h3-10H2,1-2H3. The topological polar surface area (TPSA) is 61.8 Å². The molecule has 0 rings (SSSR count). The lowest BCUT2D eigenvalue weighted by molar-refractivity contribution is -0.272. The van der Waals surface area contributed by atoms with Crippen LogP contribution in [0.4, 0.5) is 0 Å². The number of carbonyl (C=O) groups excluding carboxylic acids is 2. The third-order valence-corrected chi connectivity index (χ3v) is 2.05. The molecule has 5 heteroatoms. The summed E-state index contributed by atoms with van der Waals surface area (Å²) in [6.45, 7) is 4.63. The van der Waals surface area contributed by atoms with Gasteiger partial charge in [-0.05, 0) is 26.2 Å². The van der Waals surface area contributed by atoms with Crippen molar-refractivity contribution in [2.24, 2.45) is 0 Å². The molecule has 0 aliphatic rings. The van der Waals surface area contributed by atoms with Gasteiger partial charge in [0.15, 0.2) is 0 Å². The Hall–Kier alpha value is -1.10. The molecule has 0 aliphatic heterocycles. The van der Waals surface area contributed by atoms with Crippen LogP contribution in [0.1, 0.15) is 52.4 Å². The highest BCUT2D eigenvalue weighted by Gasteiger charge is 2.06. The first-order valence-corrected chi connectivity index (χ1v) is 6.18. The molecule has 0 heterocycles. The van der Waals surface area contributed by atoms with Crippen molar-refractivity contribution in [3.63, 3.8) is 0 Å². The van der Waals surface area contributed by atoms with Gasteiger partial charge in [-0.1, -0.05) is 13.3 Å². The van der Waals surface area contributed by atoms with Crippen LogP contribution >= 0.6 is 0 Å². The Morgan fingerprint density at radius 3 is 2.18 bits per heavy atom. The highest BCUT2D eigenvalue weighted by molar-refractivity contribution is 5.70. The number of rotatable bonds is 10. The molecule has 0 aromatic heterocycles. The summed E-state index contributed by atoms with van der Waals surface area (Å²) in [7, 11) is 0. The lowest BCUT2D eigenvalue weighted by Gasteiger charge is -2.03. The number of hydrogen-bond donors (Lipinski definition) is 0. The zero-order valence-corrected chi connectivity index (χ0v) is 10.7. The summed E-state index contributed by atoms with van der Waals surface area (Å²) >= 11 is 0. The van der Waals surface area contributed by atoms with Crippen molar-refractivity contribution in [3.05, 3.63) is 0 Å².